The molecule has 0 atom stereocenters. The minimum Gasteiger partial charge on any atom is -0.399 e. The van der Waals surface area contributed by atoms with Crippen LogP contribution < -0.4 is 34.4 Å². The number of imidazole rings is 5. The fourth-order valence-electron chi connectivity index (χ4n) is 21.2. The number of hydrogen-bond donors (Lipinski definition) is 16. The molecule has 0 aliphatic rings. The Kier molecular flexibility index (Phi) is 20.5. The number of halogens is 5. The second-order valence-electron chi connectivity index (χ2n) is 36.4. The van der Waals surface area contributed by atoms with E-state index in [1.54, 1.807) is 0 Å². The van der Waals surface area contributed by atoms with E-state index in [4.69, 9.17) is 59.3 Å². The van der Waals surface area contributed by atoms with Gasteiger partial charge in [0.25, 0.3) is 0 Å². The molecule has 0 bridgehead atoms. The lowest BCUT2D eigenvalue weighted by Crippen LogP contribution is -1.89. The number of fused-ring (bicyclic) bond motifs is 35. The van der Waals surface area contributed by atoms with Gasteiger partial charge in [0.1, 0.15) is 29.1 Å². The molecule has 688 valence electrons. The van der Waals surface area contributed by atoms with Gasteiger partial charge in [-0.15, -0.1) is 0 Å². The SMILES string of the molecule is Brc1ccc2c3ccc(Br)cc3c3[nH]c(-c4c[nH]c5ccccc45)nc3c2c1.Cc1[nH]c2ccccc2c1-c1nc2c3cc(Br)ccc3c3ccc(Br)cc3c2[nH]1.Cc1[nH]c2ccccc2c1-c1nc2c3cc(N)ccc3c3ccc(N)cc3c2[nH]1.Nc1ccc2c3ccc(N)cc3c3[nH]c(-c4c[nH]c5ccc(Br)cc45)nc3c2c1.Nc1ccc2c3ccc(N)cc3c3[nH]c(-c4c[nH]c5ccccc45)nc3c2c1. The van der Waals surface area contributed by atoms with E-state index in [9.17, 15) is 0 Å². The summed E-state index contributed by atoms with van der Waals surface area (Å²) in [4.78, 5) is 60.0. The molecule has 30 rings (SSSR count). The Morgan fingerprint density at radius 2 is 0.406 bits per heavy atom. The van der Waals surface area contributed by atoms with Gasteiger partial charge in [-0.3, -0.25) is 0 Å². The number of H-pyrrole nitrogens is 10. The number of nitrogens with one attached hydrogen (secondary N) is 10. The third-order valence-electron chi connectivity index (χ3n) is 27.6. The van der Waals surface area contributed by atoms with Crippen molar-refractivity contribution in [3.63, 3.8) is 0 Å². The number of nitrogens with zero attached hydrogens (tertiary/aromatic N) is 5. The van der Waals surface area contributed by atoms with Gasteiger partial charge in [0, 0.05) is 223 Å². The van der Waals surface area contributed by atoms with Crippen molar-refractivity contribution in [2.24, 2.45) is 0 Å². The Bertz CT molecular complexity index is 9760. The molecule has 0 aliphatic heterocycles. The molecule has 0 amide bonds. The lowest BCUT2D eigenvalue weighted by atomic mass is 9.99. The molecule has 0 spiro atoms. The van der Waals surface area contributed by atoms with Gasteiger partial charge in [0.2, 0.25) is 0 Å². The van der Waals surface area contributed by atoms with Crippen molar-refractivity contribution in [2.45, 2.75) is 13.8 Å². The molecule has 10 heterocycles. The molecule has 22 N–H and O–H groups in total. The molecule has 10 aromatic heterocycles. The summed E-state index contributed by atoms with van der Waals surface area (Å²) in [6.07, 6.45) is 6.01. The molecule has 0 unspecified atom stereocenters. The van der Waals surface area contributed by atoms with Crippen LogP contribution in [0.25, 0.3) is 274 Å². The summed E-state index contributed by atoms with van der Waals surface area (Å²) >= 11 is 18.1. The first-order valence-corrected chi connectivity index (χ1v) is 50.3. The quantitative estimate of drug-likeness (QED) is 0.0567. The number of rotatable bonds is 5. The zero-order valence-electron chi connectivity index (χ0n) is 76.1. The first-order valence-electron chi connectivity index (χ1n) is 46.3. The molecule has 0 radical (unpaired) electrons. The lowest BCUT2D eigenvalue weighted by Gasteiger charge is -2.07. The molecule has 26 heteroatoms. The van der Waals surface area contributed by atoms with Gasteiger partial charge in [0.15, 0.2) is 0 Å². The Balaban J connectivity index is 0.0000000914. The molecule has 20 aromatic carbocycles. The normalized spacial score (nSPS) is 11.9. The smallest absolute Gasteiger partial charge is 0.140 e. The van der Waals surface area contributed by atoms with E-state index in [-0.39, 0.29) is 0 Å². The molecule has 0 saturated carbocycles. The van der Waals surface area contributed by atoms with Crippen LogP contribution in [0.4, 0.5) is 34.1 Å². The van der Waals surface area contributed by atoms with Crippen LogP contribution in [0.3, 0.4) is 0 Å². The standard InChI is InChI=1S/C24H15Br2N3.C24H19N5.C23H13Br2N3.C23H16BrN5.C23H17N5/c2*1-12-21(17-4-2-3-5-20(17)27-12)24-28-22-18-10-13(25)6-8-15(18)16-9-7-14(26)11-19(16)23(22)29-24;24-12-5-7-14-15-8-6-13(25)10-18(15)22-21(17(14)9-12)27-23(28-22)19-11-26-20-4-2-1-3-16(19)20;24-11-1-6-20-16(7-11)19(10-27-20)23-28-21-17-8-12(25)2-4-14(17)15-5-3-13(26)9-18(15)22(21)29-23;24-12-5-7-14-15-8-6-13(25)10-18(15)22-21(17(14)9-12)27-23(28-22)19-11-26-20-4-2-1-3-16(19)20/h2-11,27H,1H3,(H,28,29);2-11,27H,25-26H2,1H3,(H,28,29);1-11,26H,(H,27,28);1-10,27H,25-26H2,(H,28,29);1-11,26H,24-25H2,(H,27,28). The highest BCUT2D eigenvalue weighted by Gasteiger charge is 2.26. The van der Waals surface area contributed by atoms with Crippen LogP contribution in [-0.2, 0) is 0 Å². The fourth-order valence-corrected chi connectivity index (χ4v) is 23.0. The highest BCUT2D eigenvalue weighted by atomic mass is 79.9. The van der Waals surface area contributed by atoms with E-state index in [0.717, 1.165) is 304 Å². The average molecular weight is 2180 g/mol. The number of hydrogen-bond acceptors (Lipinski definition) is 11. The maximum atomic E-state index is 6.12. The maximum Gasteiger partial charge on any atom is 0.140 e. The summed E-state index contributed by atoms with van der Waals surface area (Å²) in [5, 5.41) is 28.2. The van der Waals surface area contributed by atoms with Crippen molar-refractivity contribution >= 4 is 331 Å². The van der Waals surface area contributed by atoms with Crippen LogP contribution in [0.2, 0.25) is 0 Å². The third kappa shape index (κ3) is 14.6. The van der Waals surface area contributed by atoms with Crippen LogP contribution in [0, 0.1) is 13.8 Å². The fraction of sp³-hybridized carbons (Fsp3) is 0.0171. The van der Waals surface area contributed by atoms with Gasteiger partial charge in [-0.25, -0.2) is 24.9 Å². The first kappa shape index (κ1) is 86.6. The molecule has 143 heavy (non-hydrogen) atoms. The number of nitrogens with two attached hydrogens (primary N) is 6. The van der Waals surface area contributed by atoms with Crippen molar-refractivity contribution in [1.29, 1.82) is 0 Å². The van der Waals surface area contributed by atoms with E-state index in [1.165, 1.54) is 32.3 Å². The van der Waals surface area contributed by atoms with Gasteiger partial charge in [0.05, 0.1) is 55.2 Å². The molecular formula is C117H80Br5N21. The van der Waals surface area contributed by atoms with Crippen molar-refractivity contribution in [1.82, 2.24) is 74.8 Å². The van der Waals surface area contributed by atoms with Crippen LogP contribution in [0.1, 0.15) is 11.4 Å². The van der Waals surface area contributed by atoms with Crippen molar-refractivity contribution in [3.05, 3.63) is 350 Å². The third-order valence-corrected chi connectivity index (χ3v) is 30.1. The largest absolute Gasteiger partial charge is 0.399 e. The van der Waals surface area contributed by atoms with Crippen LogP contribution in [0.5, 0.6) is 0 Å². The highest BCUT2D eigenvalue weighted by Crippen LogP contribution is 2.48. The number of anilines is 6. The highest BCUT2D eigenvalue weighted by molar-refractivity contribution is 9.11. The molecule has 0 saturated heterocycles. The van der Waals surface area contributed by atoms with Gasteiger partial charge in [-0.05, 0) is 232 Å². The van der Waals surface area contributed by atoms with Crippen LogP contribution >= 0.6 is 79.6 Å². The number of aromatic nitrogens is 15. The number of aromatic amines is 10. The monoisotopic (exact) mass is 2170 g/mol. The van der Waals surface area contributed by atoms with E-state index >= 15 is 0 Å². The Morgan fingerprint density at radius 1 is 0.189 bits per heavy atom. The first-order chi connectivity index (χ1) is 69.6. The van der Waals surface area contributed by atoms with Crippen molar-refractivity contribution in [3.8, 4) is 56.9 Å². The summed E-state index contributed by atoms with van der Waals surface area (Å²) in [7, 11) is 0. The van der Waals surface area contributed by atoms with Gasteiger partial charge in [-0.1, -0.05) is 213 Å². The summed E-state index contributed by atoms with van der Waals surface area (Å²) < 4.78 is 5.24. The second kappa shape index (κ2) is 33.8. The molecule has 21 nitrogen and oxygen atoms in total. The van der Waals surface area contributed by atoms with E-state index < -0.39 is 0 Å². The molecule has 0 aliphatic carbocycles. The summed E-state index contributed by atoms with van der Waals surface area (Å²) in [5.41, 5.74) is 63.8. The van der Waals surface area contributed by atoms with E-state index in [1.807, 2.05) is 128 Å². The van der Waals surface area contributed by atoms with Crippen LogP contribution in [-0.4, -0.2) is 74.8 Å². The average Bonchev–Trinajstić information content (AvgIpc) is 1.59. The second-order valence-corrected chi connectivity index (χ2v) is 40.9. The topological polar surface area (TPSA) is 378 Å². The van der Waals surface area contributed by atoms with E-state index in [2.05, 4.69) is 331 Å². The summed E-state index contributed by atoms with van der Waals surface area (Å²) in [5.74, 6) is 4.24. The van der Waals surface area contributed by atoms with E-state index in [0.29, 0.717) is 5.69 Å². The minimum atomic E-state index is 0.717. The Labute approximate surface area is 853 Å². The predicted molar refractivity (Wildman–Crippen MR) is 616 cm³/mol. The van der Waals surface area contributed by atoms with Gasteiger partial charge in [-0.2, -0.15) is 0 Å². The van der Waals surface area contributed by atoms with Crippen molar-refractivity contribution < 1.29 is 0 Å². The number of benzene rings is 20. The Morgan fingerprint density at radius 3 is 0.727 bits per heavy atom. The summed E-state index contributed by atoms with van der Waals surface area (Å²) in [6.45, 7) is 4.18. The van der Waals surface area contributed by atoms with Gasteiger partial charge >= 0.3 is 0 Å². The minimum absolute atomic E-state index is 0.717. The molecular weight excluding hydrogens is 2100 g/mol. The van der Waals surface area contributed by atoms with Crippen LogP contribution in [0.15, 0.2) is 338 Å². The molecule has 0 fully saturated rings. The predicted octanol–water partition coefficient (Wildman–Crippen LogP) is 32.0. The number of para-hydroxylation sites is 4. The zero-order valence-corrected chi connectivity index (χ0v) is 84.0. The molecule has 30 aromatic rings. The van der Waals surface area contributed by atoms with Crippen molar-refractivity contribution in [2.75, 3.05) is 34.4 Å². The Hall–Kier alpha value is -16.8. The maximum absolute atomic E-state index is 6.12. The number of nitrogen functional groups attached to an aromatic ring is 6. The van der Waals surface area contributed by atoms with Gasteiger partial charge < -0.3 is 84.2 Å². The zero-order chi connectivity index (χ0) is 96.7. The lowest BCUT2D eigenvalue weighted by molar-refractivity contribution is 1.26. The summed E-state index contributed by atoms with van der Waals surface area (Å²) in [6, 6.07) is 101. The number of aryl methyl sites for hydroxylation is 2.